The molecule has 0 aliphatic heterocycles. The third-order valence-corrected chi connectivity index (χ3v) is 2.51. The summed E-state index contributed by atoms with van der Waals surface area (Å²) in [6.07, 6.45) is 5.42. The van der Waals surface area contributed by atoms with Gasteiger partial charge < -0.3 is 9.88 Å². The predicted octanol–water partition coefficient (Wildman–Crippen LogP) is 0.558. The molecule has 0 bridgehead atoms. The van der Waals surface area contributed by atoms with Gasteiger partial charge in [0, 0.05) is 25.8 Å². The molecule has 2 aromatic heterocycles. The Labute approximate surface area is 101 Å². The van der Waals surface area contributed by atoms with Gasteiger partial charge in [-0.15, -0.1) is 0 Å². The average Bonchev–Trinajstić information content (AvgIpc) is 2.87. The smallest absolute Gasteiger partial charge is 0.146 e. The number of aromatic nitrogens is 5. The Morgan fingerprint density at radius 1 is 1.35 bits per heavy atom. The van der Waals surface area contributed by atoms with Gasteiger partial charge in [0.15, 0.2) is 0 Å². The number of nitrogens with zero attached hydrogens (tertiary/aromatic N) is 5. The molecule has 0 aliphatic carbocycles. The van der Waals surface area contributed by atoms with Crippen molar-refractivity contribution < 1.29 is 0 Å². The number of imidazole rings is 1. The summed E-state index contributed by atoms with van der Waals surface area (Å²) in [6, 6.07) is 0.471. The van der Waals surface area contributed by atoms with Crippen molar-refractivity contribution in [3.05, 3.63) is 30.4 Å². The lowest BCUT2D eigenvalue weighted by atomic mass is 10.3. The van der Waals surface area contributed by atoms with E-state index in [1.807, 2.05) is 24.1 Å². The van der Waals surface area contributed by atoms with Crippen LogP contribution in [0.2, 0.25) is 0 Å². The third-order valence-electron chi connectivity index (χ3n) is 2.51. The van der Waals surface area contributed by atoms with E-state index in [0.717, 1.165) is 18.1 Å². The number of aryl methyl sites for hydroxylation is 1. The highest BCUT2D eigenvalue weighted by Gasteiger charge is 2.04. The molecule has 0 amide bonds. The molecular formula is C11H18N6. The van der Waals surface area contributed by atoms with Crippen molar-refractivity contribution in [1.29, 1.82) is 0 Å². The van der Waals surface area contributed by atoms with Crippen molar-refractivity contribution in [2.45, 2.75) is 33.0 Å². The molecule has 17 heavy (non-hydrogen) atoms. The Kier molecular flexibility index (Phi) is 3.53. The van der Waals surface area contributed by atoms with Crippen molar-refractivity contribution in [2.24, 2.45) is 7.05 Å². The molecule has 0 radical (unpaired) electrons. The van der Waals surface area contributed by atoms with Crippen molar-refractivity contribution in [1.82, 2.24) is 29.6 Å². The molecule has 0 aromatic carbocycles. The van der Waals surface area contributed by atoms with E-state index in [9.17, 15) is 0 Å². The summed E-state index contributed by atoms with van der Waals surface area (Å²) in [5.74, 6) is 0.922. The molecule has 6 nitrogen and oxygen atoms in total. The Morgan fingerprint density at radius 2 is 2.18 bits per heavy atom. The third kappa shape index (κ3) is 3.13. The van der Waals surface area contributed by atoms with Crippen LogP contribution >= 0.6 is 0 Å². The molecule has 0 saturated carbocycles. The first-order valence-electron chi connectivity index (χ1n) is 5.72. The van der Waals surface area contributed by atoms with Crippen LogP contribution in [0.5, 0.6) is 0 Å². The van der Waals surface area contributed by atoms with Gasteiger partial charge in [0.1, 0.15) is 12.2 Å². The average molecular weight is 234 g/mol. The molecule has 2 aromatic rings. The van der Waals surface area contributed by atoms with E-state index < -0.39 is 0 Å². The fraction of sp³-hybridized carbons (Fsp3) is 0.545. The van der Waals surface area contributed by atoms with Gasteiger partial charge in [-0.1, -0.05) is 13.8 Å². The topological polar surface area (TPSA) is 60.6 Å². The summed E-state index contributed by atoms with van der Waals surface area (Å²) < 4.78 is 3.79. The molecule has 0 unspecified atom stereocenters. The van der Waals surface area contributed by atoms with Crippen molar-refractivity contribution in [3.63, 3.8) is 0 Å². The molecule has 1 N–H and O–H groups in total. The Balaban J connectivity index is 1.97. The first kappa shape index (κ1) is 11.8. The zero-order valence-corrected chi connectivity index (χ0v) is 10.5. The predicted molar refractivity (Wildman–Crippen MR) is 64.3 cm³/mol. The zero-order valence-electron chi connectivity index (χ0n) is 10.5. The van der Waals surface area contributed by atoms with E-state index in [2.05, 4.69) is 34.2 Å². The van der Waals surface area contributed by atoms with Crippen LogP contribution in [0.4, 0.5) is 0 Å². The van der Waals surface area contributed by atoms with Crippen LogP contribution in [0.3, 0.4) is 0 Å². The van der Waals surface area contributed by atoms with Crippen molar-refractivity contribution in [3.8, 4) is 0 Å². The van der Waals surface area contributed by atoms with E-state index in [0.29, 0.717) is 12.6 Å². The summed E-state index contributed by atoms with van der Waals surface area (Å²) in [5, 5.41) is 7.37. The second-order valence-corrected chi connectivity index (χ2v) is 4.37. The number of hydrogen-bond acceptors (Lipinski definition) is 4. The quantitative estimate of drug-likeness (QED) is 0.821. The van der Waals surface area contributed by atoms with E-state index in [1.54, 1.807) is 11.0 Å². The van der Waals surface area contributed by atoms with Crippen LogP contribution in [-0.4, -0.2) is 30.4 Å². The Hall–Kier alpha value is -1.69. The summed E-state index contributed by atoms with van der Waals surface area (Å²) >= 11 is 0. The summed E-state index contributed by atoms with van der Waals surface area (Å²) in [7, 11) is 1.89. The van der Waals surface area contributed by atoms with Crippen LogP contribution in [0.1, 0.15) is 25.4 Å². The maximum Gasteiger partial charge on any atom is 0.146 e. The van der Waals surface area contributed by atoms with Gasteiger partial charge >= 0.3 is 0 Å². The van der Waals surface area contributed by atoms with Crippen molar-refractivity contribution >= 4 is 0 Å². The number of hydrogen-bond donors (Lipinski definition) is 1. The minimum absolute atomic E-state index is 0.471. The van der Waals surface area contributed by atoms with Gasteiger partial charge in [0.25, 0.3) is 0 Å². The van der Waals surface area contributed by atoms with Gasteiger partial charge in [0.2, 0.25) is 0 Å². The van der Waals surface area contributed by atoms with Crippen LogP contribution < -0.4 is 5.32 Å². The highest BCUT2D eigenvalue weighted by Crippen LogP contribution is 2.00. The van der Waals surface area contributed by atoms with Crippen LogP contribution in [0, 0.1) is 0 Å². The minimum Gasteiger partial charge on any atom is -0.330 e. The van der Waals surface area contributed by atoms with E-state index >= 15 is 0 Å². The fourth-order valence-electron chi connectivity index (χ4n) is 1.52. The molecule has 0 fully saturated rings. The Morgan fingerprint density at radius 3 is 2.82 bits per heavy atom. The lowest BCUT2D eigenvalue weighted by Gasteiger charge is -2.04. The largest absolute Gasteiger partial charge is 0.330 e. The second-order valence-electron chi connectivity index (χ2n) is 4.37. The first-order chi connectivity index (χ1) is 8.15. The lowest BCUT2D eigenvalue weighted by molar-refractivity contribution is 0.582. The fourth-order valence-corrected chi connectivity index (χ4v) is 1.52. The number of nitrogens with one attached hydrogen (secondary N) is 1. The second kappa shape index (κ2) is 5.09. The molecule has 2 heterocycles. The van der Waals surface area contributed by atoms with Gasteiger partial charge in [0.05, 0.1) is 18.6 Å². The lowest BCUT2D eigenvalue weighted by Crippen LogP contribution is -2.21. The summed E-state index contributed by atoms with van der Waals surface area (Å²) in [5.41, 5.74) is 1.04. The molecule has 92 valence electrons. The van der Waals surface area contributed by atoms with Crippen LogP contribution in [0.15, 0.2) is 18.9 Å². The maximum atomic E-state index is 4.34. The molecule has 0 aliphatic rings. The van der Waals surface area contributed by atoms with Crippen molar-refractivity contribution in [2.75, 3.05) is 0 Å². The molecule has 0 spiro atoms. The minimum atomic E-state index is 0.471. The van der Waals surface area contributed by atoms with Gasteiger partial charge in [-0.25, -0.2) is 9.97 Å². The standard InChI is InChI=1S/C11H18N6/c1-9(2)12-4-10-5-17(8-14-10)6-11-13-7-15-16(11)3/h5,7-9,12H,4,6H2,1-3H3. The maximum absolute atomic E-state index is 4.34. The SMILES string of the molecule is CC(C)NCc1cn(Cc2ncnn2C)cn1. The van der Waals surface area contributed by atoms with E-state index in [4.69, 9.17) is 0 Å². The van der Waals surface area contributed by atoms with Crippen LogP contribution in [0.25, 0.3) is 0 Å². The molecule has 0 atom stereocenters. The summed E-state index contributed by atoms with van der Waals surface area (Å²) in [4.78, 5) is 8.52. The van der Waals surface area contributed by atoms with Gasteiger partial charge in [-0.05, 0) is 0 Å². The van der Waals surface area contributed by atoms with E-state index in [1.165, 1.54) is 0 Å². The summed E-state index contributed by atoms with van der Waals surface area (Å²) in [6.45, 7) is 5.74. The van der Waals surface area contributed by atoms with Gasteiger partial charge in [-0.2, -0.15) is 5.10 Å². The number of rotatable bonds is 5. The molecule has 0 saturated heterocycles. The first-order valence-corrected chi connectivity index (χ1v) is 5.72. The molecule has 6 heteroatoms. The molecular weight excluding hydrogens is 216 g/mol. The Bertz CT molecular complexity index is 470. The van der Waals surface area contributed by atoms with Gasteiger partial charge in [-0.3, -0.25) is 4.68 Å². The monoisotopic (exact) mass is 234 g/mol. The normalized spacial score (nSPS) is 11.3. The highest BCUT2D eigenvalue weighted by atomic mass is 15.3. The zero-order chi connectivity index (χ0) is 12.3. The van der Waals surface area contributed by atoms with E-state index in [-0.39, 0.29) is 0 Å². The molecule has 2 rings (SSSR count). The van der Waals surface area contributed by atoms with Crippen LogP contribution in [-0.2, 0) is 20.1 Å². The highest BCUT2D eigenvalue weighted by molar-refractivity contribution is 4.98.